The van der Waals surface area contributed by atoms with Gasteiger partial charge >= 0.3 is 0 Å². The standard InChI is InChI=1S/C11H19NO2S/c1-8-2-3-9(13)6-10(8)12-4-5-15-7-11(12)14/h8-10,13H,2-7H2,1H3. The van der Waals surface area contributed by atoms with Gasteiger partial charge in [0.15, 0.2) is 0 Å². The molecule has 2 fully saturated rings. The number of hydrogen-bond donors (Lipinski definition) is 1. The van der Waals surface area contributed by atoms with Crippen molar-refractivity contribution in [2.45, 2.75) is 38.3 Å². The van der Waals surface area contributed by atoms with Crippen LogP contribution in [-0.2, 0) is 4.79 Å². The van der Waals surface area contributed by atoms with E-state index in [4.69, 9.17) is 0 Å². The molecule has 1 aliphatic heterocycles. The third-order valence-corrected chi connectivity index (χ3v) is 4.47. The summed E-state index contributed by atoms with van der Waals surface area (Å²) in [5.41, 5.74) is 0. The minimum atomic E-state index is -0.200. The summed E-state index contributed by atoms with van der Waals surface area (Å²) in [5.74, 6) is 2.47. The number of aliphatic hydroxyl groups is 1. The van der Waals surface area contributed by atoms with Crippen LogP contribution in [0, 0.1) is 5.92 Å². The van der Waals surface area contributed by atoms with Crippen LogP contribution < -0.4 is 0 Å². The normalized spacial score (nSPS) is 38.1. The van der Waals surface area contributed by atoms with Crippen LogP contribution in [0.25, 0.3) is 0 Å². The molecule has 1 aliphatic carbocycles. The number of nitrogens with zero attached hydrogens (tertiary/aromatic N) is 1. The van der Waals surface area contributed by atoms with E-state index >= 15 is 0 Å². The van der Waals surface area contributed by atoms with Crippen molar-refractivity contribution in [3.8, 4) is 0 Å². The number of hydrogen-bond acceptors (Lipinski definition) is 3. The molecule has 1 amide bonds. The van der Waals surface area contributed by atoms with Crippen LogP contribution >= 0.6 is 11.8 Å². The Balaban J connectivity index is 2.03. The molecule has 86 valence electrons. The molecule has 1 heterocycles. The summed E-state index contributed by atoms with van der Waals surface area (Å²) in [7, 11) is 0. The van der Waals surface area contributed by atoms with Gasteiger partial charge in [0.1, 0.15) is 0 Å². The lowest BCUT2D eigenvalue weighted by Crippen LogP contribution is -2.51. The second-order valence-corrected chi connectivity index (χ2v) is 5.76. The van der Waals surface area contributed by atoms with Gasteiger partial charge in [-0.1, -0.05) is 6.92 Å². The zero-order chi connectivity index (χ0) is 10.8. The monoisotopic (exact) mass is 229 g/mol. The molecule has 1 N–H and O–H groups in total. The van der Waals surface area contributed by atoms with Crippen molar-refractivity contribution >= 4 is 17.7 Å². The van der Waals surface area contributed by atoms with Gasteiger partial charge in [0.25, 0.3) is 0 Å². The van der Waals surface area contributed by atoms with Crippen molar-refractivity contribution in [1.82, 2.24) is 4.90 Å². The Kier molecular flexibility index (Phi) is 3.57. The third kappa shape index (κ3) is 2.48. The molecule has 0 aromatic carbocycles. The topological polar surface area (TPSA) is 40.5 Å². The fourth-order valence-electron chi connectivity index (χ4n) is 2.59. The molecule has 15 heavy (non-hydrogen) atoms. The Morgan fingerprint density at radius 1 is 1.47 bits per heavy atom. The highest BCUT2D eigenvalue weighted by molar-refractivity contribution is 8.00. The van der Waals surface area contributed by atoms with Gasteiger partial charge in [0.2, 0.25) is 5.91 Å². The fourth-order valence-corrected chi connectivity index (χ4v) is 3.40. The van der Waals surface area contributed by atoms with Crippen molar-refractivity contribution in [1.29, 1.82) is 0 Å². The summed E-state index contributed by atoms with van der Waals surface area (Å²) in [4.78, 5) is 13.8. The first-order chi connectivity index (χ1) is 7.18. The van der Waals surface area contributed by atoms with E-state index in [-0.39, 0.29) is 18.1 Å². The van der Waals surface area contributed by atoms with Crippen LogP contribution in [0.2, 0.25) is 0 Å². The molecule has 3 nitrogen and oxygen atoms in total. The molecular weight excluding hydrogens is 210 g/mol. The van der Waals surface area contributed by atoms with Crippen LogP contribution in [-0.4, -0.2) is 46.1 Å². The lowest BCUT2D eigenvalue weighted by molar-refractivity contribution is -0.133. The molecule has 3 atom stereocenters. The summed E-state index contributed by atoms with van der Waals surface area (Å²) in [6, 6.07) is 0.280. The lowest BCUT2D eigenvalue weighted by Gasteiger charge is -2.41. The van der Waals surface area contributed by atoms with Gasteiger partial charge < -0.3 is 10.0 Å². The zero-order valence-corrected chi connectivity index (χ0v) is 10.0. The van der Waals surface area contributed by atoms with E-state index in [9.17, 15) is 9.90 Å². The molecule has 2 aliphatic rings. The number of amides is 1. The SMILES string of the molecule is CC1CCC(O)CC1N1CCSCC1=O. The molecule has 3 unspecified atom stereocenters. The minimum Gasteiger partial charge on any atom is -0.393 e. The number of rotatable bonds is 1. The van der Waals surface area contributed by atoms with E-state index in [1.54, 1.807) is 11.8 Å². The van der Waals surface area contributed by atoms with Crippen LogP contribution in [0.4, 0.5) is 0 Å². The lowest BCUT2D eigenvalue weighted by atomic mass is 9.83. The summed E-state index contributed by atoms with van der Waals surface area (Å²) < 4.78 is 0. The molecule has 0 spiro atoms. The number of carbonyl (C=O) groups excluding carboxylic acids is 1. The van der Waals surface area contributed by atoms with Crippen molar-refractivity contribution in [3.05, 3.63) is 0 Å². The van der Waals surface area contributed by atoms with Crippen molar-refractivity contribution in [2.24, 2.45) is 5.92 Å². The molecule has 0 aromatic heterocycles. The second-order valence-electron chi connectivity index (χ2n) is 4.65. The molecule has 1 saturated heterocycles. The van der Waals surface area contributed by atoms with Gasteiger partial charge in [-0.2, -0.15) is 11.8 Å². The Hall–Kier alpha value is -0.220. The number of carbonyl (C=O) groups is 1. The first-order valence-electron chi connectivity index (χ1n) is 5.73. The average molecular weight is 229 g/mol. The largest absolute Gasteiger partial charge is 0.393 e. The maximum absolute atomic E-state index is 11.8. The van der Waals surface area contributed by atoms with Crippen molar-refractivity contribution in [2.75, 3.05) is 18.1 Å². The van der Waals surface area contributed by atoms with E-state index in [1.807, 2.05) is 4.90 Å². The Labute approximate surface area is 95.2 Å². The first-order valence-corrected chi connectivity index (χ1v) is 6.89. The molecular formula is C11H19NO2S. The van der Waals surface area contributed by atoms with Gasteiger partial charge in [-0.05, 0) is 25.2 Å². The Bertz CT molecular complexity index is 247. The highest BCUT2D eigenvalue weighted by Gasteiger charge is 2.34. The van der Waals surface area contributed by atoms with Crippen molar-refractivity contribution in [3.63, 3.8) is 0 Å². The number of thioether (sulfide) groups is 1. The highest BCUT2D eigenvalue weighted by atomic mass is 32.2. The smallest absolute Gasteiger partial charge is 0.232 e. The summed E-state index contributed by atoms with van der Waals surface area (Å²) >= 11 is 1.72. The average Bonchev–Trinajstić information content (AvgIpc) is 2.23. The Morgan fingerprint density at radius 2 is 2.27 bits per heavy atom. The highest BCUT2D eigenvalue weighted by Crippen LogP contribution is 2.30. The fraction of sp³-hybridized carbons (Fsp3) is 0.909. The number of aliphatic hydroxyl groups excluding tert-OH is 1. The zero-order valence-electron chi connectivity index (χ0n) is 9.19. The maximum atomic E-state index is 11.8. The Morgan fingerprint density at radius 3 is 3.00 bits per heavy atom. The maximum Gasteiger partial charge on any atom is 0.232 e. The molecule has 2 rings (SSSR count). The summed E-state index contributed by atoms with van der Waals surface area (Å²) in [5, 5.41) is 9.67. The predicted octanol–water partition coefficient (Wildman–Crippen LogP) is 1.11. The molecule has 0 bridgehead atoms. The van der Waals surface area contributed by atoms with Gasteiger partial charge in [0.05, 0.1) is 11.9 Å². The molecule has 0 radical (unpaired) electrons. The molecule has 4 heteroatoms. The second kappa shape index (κ2) is 4.74. The van der Waals surface area contributed by atoms with Gasteiger partial charge in [0, 0.05) is 18.3 Å². The van der Waals surface area contributed by atoms with Crippen LogP contribution in [0.15, 0.2) is 0 Å². The van der Waals surface area contributed by atoms with Gasteiger partial charge in [-0.15, -0.1) is 0 Å². The van der Waals surface area contributed by atoms with E-state index in [1.165, 1.54) is 0 Å². The van der Waals surface area contributed by atoms with Gasteiger partial charge in [-0.3, -0.25) is 4.79 Å². The van der Waals surface area contributed by atoms with Crippen LogP contribution in [0.3, 0.4) is 0 Å². The van der Waals surface area contributed by atoms with E-state index in [0.29, 0.717) is 11.7 Å². The summed E-state index contributed by atoms with van der Waals surface area (Å²) in [6.45, 7) is 3.07. The molecule has 0 aromatic rings. The van der Waals surface area contributed by atoms with Crippen LogP contribution in [0.1, 0.15) is 26.2 Å². The van der Waals surface area contributed by atoms with E-state index < -0.39 is 0 Å². The van der Waals surface area contributed by atoms with Gasteiger partial charge in [-0.25, -0.2) is 0 Å². The minimum absolute atomic E-state index is 0.200. The first kappa shape index (κ1) is 11.3. The van der Waals surface area contributed by atoms with E-state index in [2.05, 4.69) is 6.92 Å². The quantitative estimate of drug-likeness (QED) is 0.732. The molecule has 1 saturated carbocycles. The summed E-state index contributed by atoms with van der Waals surface area (Å²) in [6.07, 6.45) is 2.52. The van der Waals surface area contributed by atoms with Crippen LogP contribution in [0.5, 0.6) is 0 Å². The van der Waals surface area contributed by atoms with Crippen molar-refractivity contribution < 1.29 is 9.90 Å². The predicted molar refractivity (Wildman–Crippen MR) is 61.8 cm³/mol. The third-order valence-electron chi connectivity index (χ3n) is 3.55. The van der Waals surface area contributed by atoms with E-state index in [0.717, 1.165) is 31.6 Å².